The van der Waals surface area contributed by atoms with Crippen LogP contribution in [-0.2, 0) is 0 Å². The second kappa shape index (κ2) is 3.87. The molecule has 17 heavy (non-hydrogen) atoms. The number of aldehydes is 1. The quantitative estimate of drug-likeness (QED) is 0.625. The first kappa shape index (κ1) is 9.78. The van der Waals surface area contributed by atoms with Crippen LogP contribution in [0.3, 0.4) is 0 Å². The molecule has 3 rings (SSSR count). The van der Waals surface area contributed by atoms with Crippen molar-refractivity contribution >= 4 is 11.8 Å². The molecule has 0 spiro atoms. The van der Waals surface area contributed by atoms with Crippen LogP contribution < -0.4 is 0 Å². The van der Waals surface area contributed by atoms with Crippen molar-refractivity contribution in [1.29, 1.82) is 0 Å². The monoisotopic (exact) mass is 222 g/mol. The minimum absolute atomic E-state index is 0.639. The van der Waals surface area contributed by atoms with E-state index in [0.29, 0.717) is 5.69 Å². The summed E-state index contributed by atoms with van der Waals surface area (Å²) in [7, 11) is 0. The summed E-state index contributed by atoms with van der Waals surface area (Å²) >= 11 is 0. The molecule has 3 aromatic rings. The van der Waals surface area contributed by atoms with Crippen LogP contribution in [0, 0.1) is 0 Å². The zero-order chi connectivity index (χ0) is 11.7. The van der Waals surface area contributed by atoms with Crippen LogP contribution >= 0.6 is 0 Å². The van der Waals surface area contributed by atoms with Crippen molar-refractivity contribution in [2.45, 2.75) is 0 Å². The first-order chi connectivity index (χ1) is 8.40. The molecule has 0 unspecified atom stereocenters. The molecule has 3 heteroatoms. The number of carbonyl (C=O) groups excluding carboxylic acids is 1. The maximum atomic E-state index is 10.9. The Morgan fingerprint density at radius 1 is 1.06 bits per heavy atom. The van der Waals surface area contributed by atoms with Gasteiger partial charge in [0.1, 0.15) is 0 Å². The highest BCUT2D eigenvalue weighted by Gasteiger charge is 2.07. The average molecular weight is 222 g/mol. The van der Waals surface area contributed by atoms with Gasteiger partial charge in [-0.25, -0.2) is 0 Å². The summed E-state index contributed by atoms with van der Waals surface area (Å²) in [6.07, 6.45) is 4.36. The Bertz CT molecular complexity index is 671. The van der Waals surface area contributed by atoms with E-state index in [1.165, 1.54) is 0 Å². The highest BCUT2D eigenvalue weighted by atomic mass is 16.1. The van der Waals surface area contributed by atoms with E-state index in [-0.39, 0.29) is 0 Å². The second-order valence-corrected chi connectivity index (χ2v) is 3.77. The summed E-state index contributed by atoms with van der Waals surface area (Å²) in [6, 6.07) is 13.7. The molecule has 0 aliphatic heterocycles. The maximum Gasteiger partial charge on any atom is 0.166 e. The van der Waals surface area contributed by atoms with E-state index in [0.717, 1.165) is 23.1 Å². The van der Waals surface area contributed by atoms with Gasteiger partial charge in [0.05, 0.1) is 16.9 Å². The molecule has 0 fully saturated rings. The van der Waals surface area contributed by atoms with Gasteiger partial charge in [0, 0.05) is 18.0 Å². The second-order valence-electron chi connectivity index (χ2n) is 3.77. The first-order valence-corrected chi connectivity index (χ1v) is 5.37. The molecule has 0 amide bonds. The number of fused-ring (bicyclic) bond motifs is 1. The van der Waals surface area contributed by atoms with E-state index in [4.69, 9.17) is 0 Å². The standard InChI is InChI=1S/C14H10N2O/c17-10-12-6-7-13-14(15-8-9-16(12)13)11-4-2-1-3-5-11/h1-10H. The average Bonchev–Trinajstić information content (AvgIpc) is 2.82. The zero-order valence-corrected chi connectivity index (χ0v) is 9.08. The molecular formula is C14H10N2O. The summed E-state index contributed by atoms with van der Waals surface area (Å²) in [4.78, 5) is 15.3. The van der Waals surface area contributed by atoms with E-state index in [2.05, 4.69) is 4.98 Å². The number of hydrogen-bond donors (Lipinski definition) is 0. The summed E-state index contributed by atoms with van der Waals surface area (Å²) in [5.74, 6) is 0. The van der Waals surface area contributed by atoms with Crippen LogP contribution in [0.1, 0.15) is 10.5 Å². The Morgan fingerprint density at radius 2 is 1.88 bits per heavy atom. The van der Waals surface area contributed by atoms with Crippen LogP contribution in [-0.4, -0.2) is 15.7 Å². The molecule has 3 nitrogen and oxygen atoms in total. The van der Waals surface area contributed by atoms with Crippen molar-refractivity contribution in [2.75, 3.05) is 0 Å². The molecule has 1 aromatic carbocycles. The van der Waals surface area contributed by atoms with Crippen molar-refractivity contribution in [1.82, 2.24) is 9.38 Å². The molecule has 0 aliphatic carbocycles. The molecule has 0 N–H and O–H groups in total. The lowest BCUT2D eigenvalue weighted by Gasteiger charge is -2.04. The molecule has 0 aliphatic rings. The number of rotatable bonds is 2. The molecule has 0 bridgehead atoms. The first-order valence-electron chi connectivity index (χ1n) is 5.37. The molecular weight excluding hydrogens is 212 g/mol. The van der Waals surface area contributed by atoms with Gasteiger partial charge in [0.15, 0.2) is 6.29 Å². The van der Waals surface area contributed by atoms with E-state index >= 15 is 0 Å². The fourth-order valence-corrected chi connectivity index (χ4v) is 1.98. The van der Waals surface area contributed by atoms with Crippen LogP contribution in [0.25, 0.3) is 16.8 Å². The Labute approximate surface area is 98.4 Å². The number of hydrogen-bond acceptors (Lipinski definition) is 2. The smallest absolute Gasteiger partial charge is 0.166 e. The lowest BCUT2D eigenvalue weighted by Crippen LogP contribution is -1.93. The molecule has 0 saturated heterocycles. The summed E-state index contributed by atoms with van der Waals surface area (Å²) < 4.78 is 1.85. The van der Waals surface area contributed by atoms with Gasteiger partial charge in [0.2, 0.25) is 0 Å². The number of carbonyl (C=O) groups is 1. The summed E-state index contributed by atoms with van der Waals surface area (Å²) in [5, 5.41) is 0. The molecule has 2 heterocycles. The number of benzene rings is 1. The van der Waals surface area contributed by atoms with Crippen LogP contribution in [0.15, 0.2) is 54.9 Å². The number of aromatic nitrogens is 2. The van der Waals surface area contributed by atoms with Crippen molar-refractivity contribution < 1.29 is 4.79 Å². The Kier molecular flexibility index (Phi) is 2.22. The number of nitrogens with zero attached hydrogens (tertiary/aromatic N) is 2. The van der Waals surface area contributed by atoms with E-state index in [1.54, 1.807) is 18.5 Å². The van der Waals surface area contributed by atoms with Gasteiger partial charge in [-0.1, -0.05) is 30.3 Å². The van der Waals surface area contributed by atoms with Crippen molar-refractivity contribution in [2.24, 2.45) is 0 Å². The summed E-state index contributed by atoms with van der Waals surface area (Å²) in [6.45, 7) is 0. The highest BCUT2D eigenvalue weighted by molar-refractivity contribution is 5.82. The molecule has 0 atom stereocenters. The van der Waals surface area contributed by atoms with Gasteiger partial charge in [0.25, 0.3) is 0 Å². The normalized spacial score (nSPS) is 10.6. The largest absolute Gasteiger partial charge is 0.310 e. The summed E-state index contributed by atoms with van der Waals surface area (Å²) in [5.41, 5.74) is 3.52. The van der Waals surface area contributed by atoms with Gasteiger partial charge in [-0.3, -0.25) is 9.78 Å². The Morgan fingerprint density at radius 3 is 2.65 bits per heavy atom. The molecule has 2 aromatic heterocycles. The fourth-order valence-electron chi connectivity index (χ4n) is 1.98. The van der Waals surface area contributed by atoms with E-state index in [9.17, 15) is 4.79 Å². The van der Waals surface area contributed by atoms with Gasteiger partial charge in [-0.2, -0.15) is 0 Å². The van der Waals surface area contributed by atoms with Crippen molar-refractivity contribution in [3.8, 4) is 11.3 Å². The molecule has 0 saturated carbocycles. The van der Waals surface area contributed by atoms with Gasteiger partial charge >= 0.3 is 0 Å². The minimum atomic E-state index is 0.639. The zero-order valence-electron chi connectivity index (χ0n) is 9.08. The van der Waals surface area contributed by atoms with Gasteiger partial charge < -0.3 is 4.40 Å². The topological polar surface area (TPSA) is 34.4 Å². The predicted octanol–water partition coefficient (Wildman–Crippen LogP) is 2.81. The van der Waals surface area contributed by atoms with Crippen molar-refractivity contribution in [3.05, 3.63) is 60.6 Å². The third-order valence-corrected chi connectivity index (χ3v) is 2.78. The fraction of sp³-hybridized carbons (Fsp3) is 0. The molecule has 82 valence electrons. The van der Waals surface area contributed by atoms with E-state index < -0.39 is 0 Å². The highest BCUT2D eigenvalue weighted by Crippen LogP contribution is 2.22. The van der Waals surface area contributed by atoms with Crippen LogP contribution in [0.2, 0.25) is 0 Å². The minimum Gasteiger partial charge on any atom is -0.310 e. The maximum absolute atomic E-state index is 10.9. The van der Waals surface area contributed by atoms with Crippen LogP contribution in [0.5, 0.6) is 0 Å². The molecule has 0 radical (unpaired) electrons. The lowest BCUT2D eigenvalue weighted by atomic mass is 10.1. The van der Waals surface area contributed by atoms with Gasteiger partial charge in [-0.05, 0) is 12.1 Å². The van der Waals surface area contributed by atoms with Gasteiger partial charge in [-0.15, -0.1) is 0 Å². The van der Waals surface area contributed by atoms with Crippen LogP contribution in [0.4, 0.5) is 0 Å². The Balaban J connectivity index is 2.31. The SMILES string of the molecule is O=Cc1ccc2c(-c3ccccc3)nccn12. The van der Waals surface area contributed by atoms with Crippen molar-refractivity contribution in [3.63, 3.8) is 0 Å². The Hall–Kier alpha value is -2.42. The third kappa shape index (κ3) is 1.52. The lowest BCUT2D eigenvalue weighted by molar-refractivity contribution is 0.111. The predicted molar refractivity (Wildman–Crippen MR) is 66.0 cm³/mol. The third-order valence-electron chi connectivity index (χ3n) is 2.78. The van der Waals surface area contributed by atoms with E-state index in [1.807, 2.05) is 40.8 Å².